The summed E-state index contributed by atoms with van der Waals surface area (Å²) < 4.78 is 0. The van der Waals surface area contributed by atoms with Crippen LogP contribution in [0.15, 0.2) is 0 Å². The molecule has 2 N–H and O–H groups in total. The Morgan fingerprint density at radius 2 is 2.09 bits per heavy atom. The van der Waals surface area contributed by atoms with E-state index in [0.717, 1.165) is 18.6 Å². The van der Waals surface area contributed by atoms with Crippen molar-refractivity contribution in [3.8, 4) is 0 Å². The fourth-order valence-corrected chi connectivity index (χ4v) is 1.74. The van der Waals surface area contributed by atoms with E-state index in [2.05, 4.69) is 6.92 Å². The molecule has 0 saturated carbocycles. The second-order valence-electron chi connectivity index (χ2n) is 2.14. The second-order valence-corrected chi connectivity index (χ2v) is 3.61. The molecule has 0 aromatic carbocycles. The van der Waals surface area contributed by atoms with Crippen LogP contribution in [-0.2, 0) is 4.79 Å². The van der Waals surface area contributed by atoms with Crippen molar-refractivity contribution in [2.24, 2.45) is 5.73 Å². The van der Waals surface area contributed by atoms with Crippen LogP contribution in [0.5, 0.6) is 0 Å². The molecule has 0 spiro atoms. The first-order chi connectivity index (χ1) is 4.72. The molecule has 0 aliphatic carbocycles. The third-order valence-corrected chi connectivity index (χ3v) is 2.44. The predicted octanol–water partition coefficient (Wildman–Crippen LogP) is 1.82. The molecule has 0 saturated heterocycles. The third kappa shape index (κ3) is 6.51. The maximum atomic E-state index is 10.7. The van der Waals surface area contributed by atoms with Gasteiger partial charge in [0, 0.05) is 0 Å². The van der Waals surface area contributed by atoms with Gasteiger partial charge in [-0.1, -0.05) is 20.3 Å². The molecule has 0 fully saturated rings. The molecule has 1 amide bonds. The highest BCUT2D eigenvalue weighted by atomic mass is 35.5. The zero-order valence-electron chi connectivity index (χ0n) is 7.00. The number of hydrogen-bond acceptors (Lipinski definition) is 2. The number of amides is 1. The summed E-state index contributed by atoms with van der Waals surface area (Å²) in [5, 5.41) is 0.0370. The van der Waals surface area contributed by atoms with E-state index in [-0.39, 0.29) is 23.6 Å². The number of rotatable bonds is 5. The average molecular weight is 198 g/mol. The molecule has 0 radical (unpaired) electrons. The quantitative estimate of drug-likeness (QED) is 0.731. The van der Waals surface area contributed by atoms with Crippen molar-refractivity contribution in [1.29, 1.82) is 0 Å². The molecule has 0 aromatic heterocycles. The lowest BCUT2D eigenvalue weighted by Gasteiger charge is -2.08. The van der Waals surface area contributed by atoms with Gasteiger partial charge in [0.25, 0.3) is 0 Å². The topological polar surface area (TPSA) is 43.1 Å². The normalized spacial score (nSPS) is 11.8. The van der Waals surface area contributed by atoms with Gasteiger partial charge in [-0.3, -0.25) is 4.79 Å². The van der Waals surface area contributed by atoms with Crippen LogP contribution >= 0.6 is 24.2 Å². The van der Waals surface area contributed by atoms with Crippen molar-refractivity contribution < 1.29 is 4.79 Å². The number of carbonyl (C=O) groups excluding carboxylic acids is 1. The molecule has 0 bridgehead atoms. The predicted molar refractivity (Wildman–Crippen MR) is 53.3 cm³/mol. The van der Waals surface area contributed by atoms with E-state index in [4.69, 9.17) is 5.73 Å². The lowest BCUT2D eigenvalue weighted by molar-refractivity contribution is -0.117. The molecule has 0 aliphatic rings. The van der Waals surface area contributed by atoms with E-state index in [1.54, 1.807) is 11.8 Å². The lowest BCUT2D eigenvalue weighted by Crippen LogP contribution is -2.25. The van der Waals surface area contributed by atoms with E-state index in [1.165, 1.54) is 0 Å². The monoisotopic (exact) mass is 197 g/mol. The Labute approximate surface area is 78.7 Å². The summed E-state index contributed by atoms with van der Waals surface area (Å²) in [5.74, 6) is 0.793. The van der Waals surface area contributed by atoms with Gasteiger partial charge in [-0.15, -0.1) is 24.2 Å². The first-order valence-corrected chi connectivity index (χ1v) is 4.68. The van der Waals surface area contributed by atoms with Crippen LogP contribution in [0.2, 0.25) is 0 Å². The highest BCUT2D eigenvalue weighted by Crippen LogP contribution is 2.14. The number of thioether (sulfide) groups is 1. The minimum absolute atomic E-state index is 0. The molecule has 0 rings (SSSR count). The smallest absolute Gasteiger partial charge is 0.230 e. The van der Waals surface area contributed by atoms with Crippen LogP contribution in [-0.4, -0.2) is 16.9 Å². The van der Waals surface area contributed by atoms with Crippen LogP contribution in [0, 0.1) is 0 Å². The Kier molecular flexibility index (Phi) is 10.2. The van der Waals surface area contributed by atoms with Crippen molar-refractivity contribution in [2.45, 2.75) is 31.9 Å². The zero-order valence-corrected chi connectivity index (χ0v) is 8.63. The molecule has 4 heteroatoms. The van der Waals surface area contributed by atoms with E-state index in [0.29, 0.717) is 0 Å². The highest BCUT2D eigenvalue weighted by molar-refractivity contribution is 8.00. The number of hydrogen-bond donors (Lipinski definition) is 1. The highest BCUT2D eigenvalue weighted by Gasteiger charge is 2.12. The maximum absolute atomic E-state index is 10.7. The standard InChI is InChI=1S/C7H15NOS.ClH/c1-3-5-6(7(8)9)10-4-2;/h6H,3-5H2,1-2H3,(H2,8,9);1H. The number of nitrogens with two attached hydrogens (primary N) is 1. The zero-order chi connectivity index (χ0) is 7.98. The van der Waals surface area contributed by atoms with Crippen LogP contribution in [0.1, 0.15) is 26.7 Å². The van der Waals surface area contributed by atoms with Crippen LogP contribution in [0.3, 0.4) is 0 Å². The Balaban J connectivity index is 0. The van der Waals surface area contributed by atoms with Crippen molar-refractivity contribution in [1.82, 2.24) is 0 Å². The van der Waals surface area contributed by atoms with Gasteiger partial charge in [0.15, 0.2) is 0 Å². The fraction of sp³-hybridized carbons (Fsp3) is 0.857. The third-order valence-electron chi connectivity index (χ3n) is 1.24. The first kappa shape index (κ1) is 13.7. The van der Waals surface area contributed by atoms with Crippen molar-refractivity contribution in [3.63, 3.8) is 0 Å². The van der Waals surface area contributed by atoms with Crippen molar-refractivity contribution >= 4 is 30.1 Å². The average Bonchev–Trinajstić information content (AvgIpc) is 1.87. The van der Waals surface area contributed by atoms with Gasteiger partial charge >= 0.3 is 0 Å². The Morgan fingerprint density at radius 3 is 2.36 bits per heavy atom. The summed E-state index contributed by atoms with van der Waals surface area (Å²) in [4.78, 5) is 10.7. The molecule has 0 aromatic rings. The largest absolute Gasteiger partial charge is 0.369 e. The SMILES string of the molecule is CCCC(SCC)C(N)=O.Cl. The van der Waals surface area contributed by atoms with Crippen LogP contribution in [0.25, 0.3) is 0 Å². The first-order valence-electron chi connectivity index (χ1n) is 3.63. The lowest BCUT2D eigenvalue weighted by atomic mass is 10.2. The van der Waals surface area contributed by atoms with E-state index in [1.807, 2.05) is 6.92 Å². The second kappa shape index (κ2) is 8.21. The van der Waals surface area contributed by atoms with Gasteiger partial charge in [-0.2, -0.15) is 0 Å². The Hall–Kier alpha value is 0.110. The van der Waals surface area contributed by atoms with Gasteiger partial charge in [-0.25, -0.2) is 0 Å². The molecule has 68 valence electrons. The van der Waals surface area contributed by atoms with E-state index in [9.17, 15) is 4.79 Å². The van der Waals surface area contributed by atoms with Crippen molar-refractivity contribution in [2.75, 3.05) is 5.75 Å². The molecular weight excluding hydrogens is 182 g/mol. The summed E-state index contributed by atoms with van der Waals surface area (Å²) in [6.45, 7) is 4.10. The van der Waals surface area contributed by atoms with Crippen molar-refractivity contribution in [3.05, 3.63) is 0 Å². The van der Waals surface area contributed by atoms with Gasteiger partial charge in [0.2, 0.25) is 5.91 Å². The summed E-state index contributed by atoms with van der Waals surface area (Å²) in [6.07, 6.45) is 1.94. The molecular formula is C7H16ClNOS. The minimum atomic E-state index is -0.172. The number of primary amides is 1. The maximum Gasteiger partial charge on any atom is 0.230 e. The van der Waals surface area contributed by atoms with E-state index >= 15 is 0 Å². The summed E-state index contributed by atoms with van der Waals surface area (Å²) in [6, 6.07) is 0. The number of carbonyl (C=O) groups is 1. The van der Waals surface area contributed by atoms with Gasteiger partial charge in [0.1, 0.15) is 0 Å². The Bertz CT molecular complexity index is 105. The van der Waals surface area contributed by atoms with Gasteiger partial charge in [-0.05, 0) is 12.2 Å². The summed E-state index contributed by atoms with van der Waals surface area (Å²) in [7, 11) is 0. The minimum Gasteiger partial charge on any atom is -0.369 e. The fourth-order valence-electron chi connectivity index (χ4n) is 0.771. The summed E-state index contributed by atoms with van der Waals surface area (Å²) >= 11 is 1.63. The molecule has 0 aliphatic heterocycles. The molecule has 11 heavy (non-hydrogen) atoms. The summed E-state index contributed by atoms with van der Waals surface area (Å²) in [5.41, 5.74) is 5.15. The van der Waals surface area contributed by atoms with E-state index < -0.39 is 0 Å². The molecule has 1 unspecified atom stereocenters. The molecule has 0 heterocycles. The van der Waals surface area contributed by atoms with Gasteiger partial charge in [0.05, 0.1) is 5.25 Å². The van der Waals surface area contributed by atoms with Crippen LogP contribution in [0.4, 0.5) is 0 Å². The van der Waals surface area contributed by atoms with Gasteiger partial charge < -0.3 is 5.73 Å². The number of halogens is 1. The molecule has 2 nitrogen and oxygen atoms in total. The molecule has 1 atom stereocenters. The van der Waals surface area contributed by atoms with Crippen LogP contribution < -0.4 is 5.73 Å². The Morgan fingerprint density at radius 1 is 1.55 bits per heavy atom.